The number of amides is 2. The Bertz CT molecular complexity index is 1510. The van der Waals surface area contributed by atoms with Gasteiger partial charge < -0.3 is 9.80 Å². The van der Waals surface area contributed by atoms with Gasteiger partial charge in [0, 0.05) is 50.1 Å². The summed E-state index contributed by atoms with van der Waals surface area (Å²) in [7, 11) is 0. The Kier molecular flexibility index (Phi) is 5.74. The highest BCUT2D eigenvalue weighted by molar-refractivity contribution is 5.96. The lowest BCUT2D eigenvalue weighted by atomic mass is 9.89. The molecular formula is C29H30N6O2. The minimum atomic E-state index is -0.0261. The minimum absolute atomic E-state index is 0.0261. The zero-order chi connectivity index (χ0) is 25.7. The number of aromatic nitrogens is 4. The second kappa shape index (κ2) is 9.10. The lowest BCUT2D eigenvalue weighted by Gasteiger charge is -2.33. The summed E-state index contributed by atoms with van der Waals surface area (Å²) in [4.78, 5) is 40.1. The summed E-state index contributed by atoms with van der Waals surface area (Å²) in [5.41, 5.74) is 7.84. The number of fused-ring (bicyclic) bond motifs is 2. The van der Waals surface area contributed by atoms with Gasteiger partial charge in [-0.05, 0) is 56.9 Å². The van der Waals surface area contributed by atoms with Gasteiger partial charge in [-0.25, -0.2) is 9.50 Å². The Morgan fingerprint density at radius 1 is 0.838 bits per heavy atom. The van der Waals surface area contributed by atoms with Gasteiger partial charge in [0.25, 0.3) is 11.8 Å². The zero-order valence-electron chi connectivity index (χ0n) is 21.4. The summed E-state index contributed by atoms with van der Waals surface area (Å²) >= 11 is 0. The smallest absolute Gasteiger partial charge is 0.257 e. The normalized spacial score (nSPS) is 15.9. The van der Waals surface area contributed by atoms with E-state index in [1.165, 1.54) is 11.1 Å². The standard InChI is InChI=1S/C29H30N6O2/c1-18-8-9-24(28(36)34-16-22-6-4-5-7-23(22)17-34)27(31-18)21-10-12-33(13-11-21)29(37)25-15-30-26-14-19(2)32-35(26)20(25)3/h4-9,14-15,21H,10-13,16-17H2,1-3H3. The van der Waals surface area contributed by atoms with Crippen molar-refractivity contribution in [1.82, 2.24) is 29.4 Å². The van der Waals surface area contributed by atoms with Gasteiger partial charge in [0.1, 0.15) is 0 Å². The molecule has 8 heteroatoms. The molecule has 2 aliphatic heterocycles. The number of hydrogen-bond donors (Lipinski definition) is 0. The molecule has 2 aliphatic rings. The Labute approximate surface area is 216 Å². The first-order valence-electron chi connectivity index (χ1n) is 12.8. The van der Waals surface area contributed by atoms with E-state index in [1.54, 1.807) is 10.7 Å². The van der Waals surface area contributed by atoms with E-state index in [0.717, 1.165) is 41.3 Å². The highest BCUT2D eigenvalue weighted by atomic mass is 16.2. The topological polar surface area (TPSA) is 83.7 Å². The lowest BCUT2D eigenvalue weighted by Crippen LogP contribution is -2.39. The molecule has 3 aromatic heterocycles. The quantitative estimate of drug-likeness (QED) is 0.426. The van der Waals surface area contributed by atoms with E-state index in [9.17, 15) is 9.59 Å². The van der Waals surface area contributed by atoms with Gasteiger partial charge >= 0.3 is 0 Å². The molecule has 0 spiro atoms. The van der Waals surface area contributed by atoms with Crippen LogP contribution in [0.1, 0.15) is 73.4 Å². The van der Waals surface area contributed by atoms with Gasteiger partial charge in [0.15, 0.2) is 5.65 Å². The predicted octanol–water partition coefficient (Wildman–Crippen LogP) is 4.23. The van der Waals surface area contributed by atoms with E-state index in [0.29, 0.717) is 37.3 Å². The largest absolute Gasteiger partial charge is 0.338 e. The molecule has 0 N–H and O–H groups in total. The average molecular weight is 495 g/mol. The van der Waals surface area contributed by atoms with Crippen LogP contribution < -0.4 is 0 Å². The third kappa shape index (κ3) is 4.16. The number of likely N-dealkylation sites (tertiary alicyclic amines) is 1. The van der Waals surface area contributed by atoms with Crippen molar-refractivity contribution in [2.45, 2.75) is 52.6 Å². The van der Waals surface area contributed by atoms with Crippen molar-refractivity contribution in [1.29, 1.82) is 0 Å². The molecule has 8 nitrogen and oxygen atoms in total. The van der Waals surface area contributed by atoms with Gasteiger partial charge in [-0.1, -0.05) is 24.3 Å². The fourth-order valence-corrected chi connectivity index (χ4v) is 5.62. The van der Waals surface area contributed by atoms with Gasteiger partial charge in [-0.2, -0.15) is 5.10 Å². The van der Waals surface area contributed by atoms with Crippen LogP contribution in [0.4, 0.5) is 0 Å². The van der Waals surface area contributed by atoms with Crippen molar-refractivity contribution in [3.63, 3.8) is 0 Å². The Morgan fingerprint density at radius 3 is 2.22 bits per heavy atom. The lowest BCUT2D eigenvalue weighted by molar-refractivity contribution is 0.0701. The summed E-state index contributed by atoms with van der Waals surface area (Å²) in [5.74, 6) is 0.131. The number of carbonyl (C=O) groups is 2. The molecule has 0 radical (unpaired) electrons. The molecule has 4 aromatic rings. The SMILES string of the molecule is Cc1ccc(C(=O)N2Cc3ccccc3C2)c(C2CCN(C(=O)c3cnc4cc(C)nn4c3C)CC2)n1. The van der Waals surface area contributed by atoms with Crippen molar-refractivity contribution in [2.24, 2.45) is 0 Å². The zero-order valence-corrected chi connectivity index (χ0v) is 21.4. The molecule has 1 saturated heterocycles. The van der Waals surface area contributed by atoms with Crippen LogP contribution in [0, 0.1) is 20.8 Å². The number of carbonyl (C=O) groups excluding carboxylic acids is 2. The van der Waals surface area contributed by atoms with Gasteiger partial charge in [0.2, 0.25) is 0 Å². The molecule has 0 unspecified atom stereocenters. The van der Waals surface area contributed by atoms with Crippen LogP contribution in [0.15, 0.2) is 48.7 Å². The van der Waals surface area contributed by atoms with Crippen LogP contribution in [0.2, 0.25) is 0 Å². The minimum Gasteiger partial charge on any atom is -0.338 e. The number of benzene rings is 1. The van der Waals surface area contributed by atoms with Crippen molar-refractivity contribution >= 4 is 17.5 Å². The van der Waals surface area contributed by atoms with Crippen LogP contribution in [-0.2, 0) is 13.1 Å². The molecule has 188 valence electrons. The molecule has 1 aromatic carbocycles. The van der Waals surface area contributed by atoms with E-state index in [4.69, 9.17) is 4.98 Å². The van der Waals surface area contributed by atoms with Crippen LogP contribution in [-0.4, -0.2) is 54.3 Å². The number of rotatable bonds is 3. The molecule has 0 saturated carbocycles. The summed E-state index contributed by atoms with van der Waals surface area (Å²) < 4.78 is 1.74. The third-order valence-electron chi connectivity index (χ3n) is 7.67. The van der Waals surface area contributed by atoms with E-state index < -0.39 is 0 Å². The highest BCUT2D eigenvalue weighted by Gasteiger charge is 2.32. The maximum atomic E-state index is 13.6. The van der Waals surface area contributed by atoms with Crippen molar-refractivity contribution in [2.75, 3.05) is 13.1 Å². The number of hydrogen-bond acceptors (Lipinski definition) is 5. The van der Waals surface area contributed by atoms with Crippen molar-refractivity contribution < 1.29 is 9.59 Å². The Morgan fingerprint density at radius 2 is 1.51 bits per heavy atom. The molecule has 0 bridgehead atoms. The van der Waals surface area contributed by atoms with Crippen LogP contribution in [0.5, 0.6) is 0 Å². The highest BCUT2D eigenvalue weighted by Crippen LogP contribution is 2.32. The Balaban J connectivity index is 1.19. The fourth-order valence-electron chi connectivity index (χ4n) is 5.62. The van der Waals surface area contributed by atoms with E-state index in [1.807, 2.05) is 60.9 Å². The number of aryl methyl sites for hydroxylation is 3. The summed E-state index contributed by atoms with van der Waals surface area (Å²) in [6, 6.07) is 14.0. The first-order chi connectivity index (χ1) is 17.9. The van der Waals surface area contributed by atoms with Gasteiger partial charge in [-0.3, -0.25) is 14.6 Å². The summed E-state index contributed by atoms with van der Waals surface area (Å²) in [6.07, 6.45) is 3.18. The van der Waals surface area contributed by atoms with Gasteiger partial charge in [0.05, 0.1) is 28.2 Å². The molecule has 0 atom stereocenters. The van der Waals surface area contributed by atoms with Gasteiger partial charge in [-0.15, -0.1) is 0 Å². The fraction of sp³-hybridized carbons (Fsp3) is 0.345. The predicted molar refractivity (Wildman–Crippen MR) is 139 cm³/mol. The van der Waals surface area contributed by atoms with Crippen LogP contribution in [0.3, 0.4) is 0 Å². The summed E-state index contributed by atoms with van der Waals surface area (Å²) in [5, 5.41) is 4.47. The molecule has 6 rings (SSSR count). The van der Waals surface area contributed by atoms with Crippen molar-refractivity contribution in [3.8, 4) is 0 Å². The van der Waals surface area contributed by atoms with E-state index >= 15 is 0 Å². The molecule has 5 heterocycles. The maximum Gasteiger partial charge on any atom is 0.257 e. The average Bonchev–Trinajstić information content (AvgIpc) is 3.52. The van der Waals surface area contributed by atoms with E-state index in [2.05, 4.69) is 22.2 Å². The number of piperidine rings is 1. The first kappa shape index (κ1) is 23.3. The van der Waals surface area contributed by atoms with Crippen molar-refractivity contribution in [3.05, 3.63) is 93.7 Å². The van der Waals surface area contributed by atoms with E-state index in [-0.39, 0.29) is 17.7 Å². The number of pyridine rings is 1. The molecule has 37 heavy (non-hydrogen) atoms. The molecular weight excluding hydrogens is 464 g/mol. The molecule has 1 fully saturated rings. The van der Waals surface area contributed by atoms with Crippen LogP contribution >= 0.6 is 0 Å². The summed E-state index contributed by atoms with van der Waals surface area (Å²) in [6.45, 7) is 8.26. The second-order valence-corrected chi connectivity index (χ2v) is 10.2. The Hall–Kier alpha value is -4.07. The second-order valence-electron chi connectivity index (χ2n) is 10.2. The number of nitrogens with zero attached hydrogens (tertiary/aromatic N) is 6. The molecule has 0 aliphatic carbocycles. The monoisotopic (exact) mass is 494 g/mol. The molecule has 2 amide bonds. The van der Waals surface area contributed by atoms with Crippen LogP contribution in [0.25, 0.3) is 5.65 Å². The third-order valence-corrected chi connectivity index (χ3v) is 7.67. The maximum absolute atomic E-state index is 13.6. The first-order valence-corrected chi connectivity index (χ1v) is 12.8.